The summed E-state index contributed by atoms with van der Waals surface area (Å²) in [6, 6.07) is 2.76. The molecule has 1 fully saturated rings. The minimum absolute atomic E-state index is 0.133. The van der Waals surface area contributed by atoms with Crippen molar-refractivity contribution >= 4 is 11.9 Å². The molecule has 1 unspecified atom stereocenters. The number of amides is 1. The van der Waals surface area contributed by atoms with E-state index in [1.54, 1.807) is 0 Å². The molecule has 2 N–H and O–H groups in total. The zero-order valence-corrected chi connectivity index (χ0v) is 10.5. The molecular weight excluding hydrogens is 248 g/mol. The van der Waals surface area contributed by atoms with E-state index in [4.69, 9.17) is 9.84 Å². The molecule has 0 spiro atoms. The van der Waals surface area contributed by atoms with Gasteiger partial charge in [0.2, 0.25) is 0 Å². The van der Waals surface area contributed by atoms with Gasteiger partial charge in [-0.25, -0.2) is 9.78 Å². The zero-order valence-electron chi connectivity index (χ0n) is 10.5. The van der Waals surface area contributed by atoms with Gasteiger partial charge in [0.05, 0.1) is 6.10 Å². The minimum atomic E-state index is -1.14. The normalized spacial score (nSPS) is 18.2. The molecule has 1 saturated heterocycles. The standard InChI is InChI=1S/C13H16N2O4/c16-12(15-6-4-10-2-1-7-19-10)9-3-5-14-11(8-9)13(17)18/h3,5,8,10H,1-2,4,6-7H2,(H,15,16)(H,17,18). The van der Waals surface area contributed by atoms with E-state index in [0.717, 1.165) is 25.9 Å². The maximum atomic E-state index is 11.8. The van der Waals surface area contributed by atoms with Crippen molar-refractivity contribution in [3.05, 3.63) is 29.6 Å². The molecule has 6 heteroatoms. The molecule has 1 aromatic heterocycles. The summed E-state index contributed by atoms with van der Waals surface area (Å²) in [6.45, 7) is 1.32. The number of carbonyl (C=O) groups is 2. The lowest BCUT2D eigenvalue weighted by molar-refractivity contribution is 0.0690. The molecule has 1 aromatic rings. The summed E-state index contributed by atoms with van der Waals surface area (Å²) in [7, 11) is 0. The van der Waals surface area contributed by atoms with Gasteiger partial charge in [0, 0.05) is 24.9 Å². The van der Waals surface area contributed by atoms with Crippen molar-refractivity contribution in [1.82, 2.24) is 10.3 Å². The average Bonchev–Trinajstić information content (AvgIpc) is 2.92. The quantitative estimate of drug-likeness (QED) is 0.830. The number of carboxylic acids is 1. The number of aromatic nitrogens is 1. The first kappa shape index (κ1) is 13.5. The van der Waals surface area contributed by atoms with Gasteiger partial charge in [-0.05, 0) is 31.4 Å². The van der Waals surface area contributed by atoms with E-state index >= 15 is 0 Å². The summed E-state index contributed by atoms with van der Waals surface area (Å²) in [4.78, 5) is 26.2. The number of carboxylic acid groups (broad SMARTS) is 1. The van der Waals surface area contributed by atoms with Crippen molar-refractivity contribution in [2.24, 2.45) is 0 Å². The highest BCUT2D eigenvalue weighted by Gasteiger charge is 2.16. The number of hydrogen-bond acceptors (Lipinski definition) is 4. The van der Waals surface area contributed by atoms with Crippen molar-refractivity contribution in [1.29, 1.82) is 0 Å². The summed E-state index contributed by atoms with van der Waals surface area (Å²) >= 11 is 0. The number of carbonyl (C=O) groups excluding carboxylic acids is 1. The molecule has 0 aromatic carbocycles. The Balaban J connectivity index is 1.85. The van der Waals surface area contributed by atoms with Crippen LogP contribution in [0, 0.1) is 0 Å². The maximum absolute atomic E-state index is 11.8. The Morgan fingerprint density at radius 1 is 1.53 bits per heavy atom. The first-order chi connectivity index (χ1) is 9.16. The Labute approximate surface area is 110 Å². The maximum Gasteiger partial charge on any atom is 0.354 e. The number of aromatic carboxylic acids is 1. The topological polar surface area (TPSA) is 88.5 Å². The van der Waals surface area contributed by atoms with Crippen LogP contribution in [0.3, 0.4) is 0 Å². The van der Waals surface area contributed by atoms with Gasteiger partial charge in [0.25, 0.3) is 5.91 Å². The van der Waals surface area contributed by atoms with E-state index in [9.17, 15) is 9.59 Å². The van der Waals surface area contributed by atoms with Crippen LogP contribution in [-0.2, 0) is 4.74 Å². The van der Waals surface area contributed by atoms with Crippen LogP contribution in [-0.4, -0.2) is 41.2 Å². The Morgan fingerprint density at radius 2 is 2.37 bits per heavy atom. The van der Waals surface area contributed by atoms with Gasteiger partial charge >= 0.3 is 5.97 Å². The molecule has 1 aliphatic rings. The first-order valence-corrected chi connectivity index (χ1v) is 6.26. The number of nitrogens with one attached hydrogen (secondary N) is 1. The molecule has 0 radical (unpaired) electrons. The van der Waals surface area contributed by atoms with Gasteiger partial charge in [-0.3, -0.25) is 4.79 Å². The van der Waals surface area contributed by atoms with Crippen LogP contribution in [0.1, 0.15) is 40.1 Å². The highest BCUT2D eigenvalue weighted by molar-refractivity contribution is 5.96. The predicted octanol–water partition coefficient (Wildman–Crippen LogP) is 1.08. The van der Waals surface area contributed by atoms with Gasteiger partial charge in [-0.2, -0.15) is 0 Å². The van der Waals surface area contributed by atoms with Crippen molar-refractivity contribution in [3.63, 3.8) is 0 Å². The fraction of sp³-hybridized carbons (Fsp3) is 0.462. The molecular formula is C13H16N2O4. The molecule has 0 bridgehead atoms. The van der Waals surface area contributed by atoms with Crippen LogP contribution in [0.4, 0.5) is 0 Å². The molecule has 0 saturated carbocycles. The number of hydrogen-bond donors (Lipinski definition) is 2. The average molecular weight is 264 g/mol. The molecule has 1 amide bonds. The van der Waals surface area contributed by atoms with Gasteiger partial charge in [0.1, 0.15) is 5.69 Å². The van der Waals surface area contributed by atoms with Gasteiger partial charge < -0.3 is 15.2 Å². The fourth-order valence-electron chi connectivity index (χ4n) is 2.01. The predicted molar refractivity (Wildman–Crippen MR) is 67.1 cm³/mol. The molecule has 1 atom stereocenters. The Hall–Kier alpha value is -1.95. The van der Waals surface area contributed by atoms with Crippen LogP contribution < -0.4 is 5.32 Å². The Morgan fingerprint density at radius 3 is 3.05 bits per heavy atom. The lowest BCUT2D eigenvalue weighted by Gasteiger charge is -2.10. The molecule has 19 heavy (non-hydrogen) atoms. The molecule has 6 nitrogen and oxygen atoms in total. The number of nitrogens with zero attached hydrogens (tertiary/aromatic N) is 1. The second-order valence-corrected chi connectivity index (χ2v) is 4.41. The molecule has 1 aliphatic heterocycles. The van der Waals surface area contributed by atoms with E-state index in [-0.39, 0.29) is 17.7 Å². The SMILES string of the molecule is O=C(NCCC1CCCO1)c1ccnc(C(=O)O)c1. The van der Waals surface area contributed by atoms with Crippen LogP contribution in [0.2, 0.25) is 0 Å². The zero-order chi connectivity index (χ0) is 13.7. The van der Waals surface area contributed by atoms with Gasteiger partial charge in [-0.1, -0.05) is 0 Å². The lowest BCUT2D eigenvalue weighted by atomic mass is 10.1. The van der Waals surface area contributed by atoms with E-state index in [2.05, 4.69) is 10.3 Å². The summed E-state index contributed by atoms with van der Waals surface area (Å²) in [5, 5.41) is 11.6. The Kier molecular flexibility index (Phi) is 4.46. The second-order valence-electron chi connectivity index (χ2n) is 4.41. The van der Waals surface area contributed by atoms with Crippen molar-refractivity contribution in [2.75, 3.05) is 13.2 Å². The van der Waals surface area contributed by atoms with Crippen molar-refractivity contribution in [2.45, 2.75) is 25.4 Å². The summed E-state index contributed by atoms with van der Waals surface area (Å²) in [5.74, 6) is -1.43. The fourth-order valence-corrected chi connectivity index (χ4v) is 2.01. The van der Waals surface area contributed by atoms with E-state index in [1.165, 1.54) is 18.3 Å². The van der Waals surface area contributed by atoms with Crippen LogP contribution in [0.15, 0.2) is 18.3 Å². The van der Waals surface area contributed by atoms with Crippen molar-refractivity contribution < 1.29 is 19.4 Å². The van der Waals surface area contributed by atoms with Crippen LogP contribution in [0.25, 0.3) is 0 Å². The van der Waals surface area contributed by atoms with Crippen LogP contribution in [0.5, 0.6) is 0 Å². The molecule has 0 aliphatic carbocycles. The van der Waals surface area contributed by atoms with Gasteiger partial charge in [0.15, 0.2) is 0 Å². The smallest absolute Gasteiger partial charge is 0.354 e. The van der Waals surface area contributed by atoms with E-state index in [0.29, 0.717) is 12.1 Å². The number of pyridine rings is 1. The third-order valence-electron chi connectivity index (χ3n) is 3.02. The number of rotatable bonds is 5. The summed E-state index contributed by atoms with van der Waals surface area (Å²) < 4.78 is 5.45. The Bertz CT molecular complexity index is 469. The minimum Gasteiger partial charge on any atom is -0.477 e. The molecule has 2 rings (SSSR count). The highest BCUT2D eigenvalue weighted by Crippen LogP contribution is 2.14. The van der Waals surface area contributed by atoms with Gasteiger partial charge in [-0.15, -0.1) is 0 Å². The first-order valence-electron chi connectivity index (χ1n) is 6.26. The second kappa shape index (κ2) is 6.29. The highest BCUT2D eigenvalue weighted by atomic mass is 16.5. The summed E-state index contributed by atoms with van der Waals surface area (Å²) in [5.41, 5.74) is 0.173. The van der Waals surface area contributed by atoms with E-state index in [1.807, 2.05) is 0 Å². The monoisotopic (exact) mass is 264 g/mol. The largest absolute Gasteiger partial charge is 0.477 e. The third-order valence-corrected chi connectivity index (χ3v) is 3.02. The van der Waals surface area contributed by atoms with Crippen LogP contribution >= 0.6 is 0 Å². The van der Waals surface area contributed by atoms with Crippen molar-refractivity contribution in [3.8, 4) is 0 Å². The lowest BCUT2D eigenvalue weighted by Crippen LogP contribution is -2.27. The summed E-state index contributed by atoms with van der Waals surface area (Å²) in [6.07, 6.45) is 4.44. The van der Waals surface area contributed by atoms with E-state index < -0.39 is 5.97 Å². The molecule has 2 heterocycles. The third kappa shape index (κ3) is 3.75. The molecule has 102 valence electrons. The number of ether oxygens (including phenoxy) is 1.